The van der Waals surface area contributed by atoms with Crippen LogP contribution >= 0.6 is 0 Å². The van der Waals surface area contributed by atoms with Gasteiger partial charge < -0.3 is 14.6 Å². The molecule has 0 aromatic heterocycles. The Kier molecular flexibility index (Phi) is 15.9. The van der Waals surface area contributed by atoms with Crippen LogP contribution in [0.3, 0.4) is 0 Å². The lowest BCUT2D eigenvalue weighted by Gasteiger charge is -2.07. The lowest BCUT2D eigenvalue weighted by molar-refractivity contribution is -0.137. The molecule has 0 atom stereocenters. The molecule has 0 saturated carbocycles. The Morgan fingerprint density at radius 3 is 1.97 bits per heavy atom. The van der Waals surface area contributed by atoms with E-state index in [0.29, 0.717) is 19.3 Å². The van der Waals surface area contributed by atoms with Crippen LogP contribution in [-0.4, -0.2) is 25.6 Å². The second kappa shape index (κ2) is 16.2. The van der Waals surface area contributed by atoms with Gasteiger partial charge >= 0.3 is 6.18 Å². The third kappa shape index (κ3) is 12.3. The fourth-order valence-electron chi connectivity index (χ4n) is 2.09. The number of hydrogen-bond acceptors (Lipinski definition) is 3. The highest BCUT2D eigenvalue weighted by atomic mass is 19.4. The summed E-state index contributed by atoms with van der Waals surface area (Å²) in [6.07, 6.45) is 6.29. The number of alkyl halides is 3. The van der Waals surface area contributed by atoms with Gasteiger partial charge in [-0.2, -0.15) is 13.2 Å². The van der Waals surface area contributed by atoms with Gasteiger partial charge in [-0.05, 0) is 67.6 Å². The van der Waals surface area contributed by atoms with Gasteiger partial charge in [-0.3, -0.25) is 0 Å². The number of benzene rings is 2. The molecule has 0 heterocycles. The predicted molar refractivity (Wildman–Crippen MR) is 111 cm³/mol. The van der Waals surface area contributed by atoms with Crippen LogP contribution in [0.4, 0.5) is 13.2 Å². The number of ether oxygens (including phenoxy) is 1. The minimum absolute atomic E-state index is 0.445. The molecule has 0 unspecified atom stereocenters. The van der Waals surface area contributed by atoms with E-state index in [1.807, 2.05) is 12.1 Å². The number of methoxy groups -OCH3 is 1. The maximum atomic E-state index is 12.2. The third-order valence-corrected chi connectivity index (χ3v) is 3.78. The zero-order valence-corrected chi connectivity index (χ0v) is 17.3. The summed E-state index contributed by atoms with van der Waals surface area (Å²) in [5, 5.41) is 7.00. The first-order valence-electron chi connectivity index (χ1n) is 8.77. The number of rotatable bonds is 5. The summed E-state index contributed by atoms with van der Waals surface area (Å²) in [5.74, 6) is 0.933. The number of hydrogen-bond donors (Lipinski definition) is 1. The second-order valence-corrected chi connectivity index (χ2v) is 5.70. The number of aliphatic hydroxyl groups excluding tert-OH is 1. The van der Waals surface area contributed by atoms with Crippen LogP contribution in [0, 0.1) is 26.7 Å². The van der Waals surface area contributed by atoms with Gasteiger partial charge in [0.05, 0.1) is 12.7 Å². The molecule has 0 bridgehead atoms. The van der Waals surface area contributed by atoms with E-state index in [9.17, 15) is 18.0 Å². The first-order valence-corrected chi connectivity index (χ1v) is 8.77. The van der Waals surface area contributed by atoms with E-state index in [0.717, 1.165) is 36.8 Å². The maximum absolute atomic E-state index is 12.2. The molecule has 29 heavy (non-hydrogen) atoms. The first kappa shape index (κ1) is 28.4. The average Bonchev–Trinajstić information content (AvgIpc) is 2.73. The largest absolute Gasteiger partial charge is 0.497 e. The molecule has 0 saturated heterocycles. The summed E-state index contributed by atoms with van der Waals surface area (Å²) in [6, 6.07) is 11.1. The van der Waals surface area contributed by atoms with Crippen LogP contribution in [0.2, 0.25) is 0 Å². The first-order chi connectivity index (χ1) is 13.8. The van der Waals surface area contributed by atoms with Gasteiger partial charge in [-0.25, -0.2) is 0 Å². The molecule has 0 aliphatic carbocycles. The molecule has 2 rings (SSSR count). The zero-order valence-electron chi connectivity index (χ0n) is 17.3. The minimum atomic E-state index is -4.28. The van der Waals surface area contributed by atoms with Gasteiger partial charge in [-0.1, -0.05) is 18.2 Å². The van der Waals surface area contributed by atoms with Crippen molar-refractivity contribution in [3.05, 3.63) is 64.7 Å². The highest BCUT2D eigenvalue weighted by Crippen LogP contribution is 2.29. The van der Waals surface area contributed by atoms with Gasteiger partial charge in [0, 0.05) is 13.5 Å². The molecule has 0 aliphatic rings. The fraction of sp³-hybridized carbons (Fsp3) is 0.348. The van der Waals surface area contributed by atoms with Crippen molar-refractivity contribution in [3.8, 4) is 18.6 Å². The van der Waals surface area contributed by atoms with E-state index in [4.69, 9.17) is 9.84 Å². The standard InChI is InChI=1S/C11H11F3O.C9H12O.C2H2.CH4O/c12-11(13,14)10-6-4-9(5-7-10)3-1-2-8-15;1-7-4-5-9(10-3)6-8(7)2;2*1-2/h4-8H,1-3H2;4-6H,1-3H3;1-2H;2H,1H3. The number of carbonyl (C=O) groups is 1. The Bertz CT molecular complexity index is 706. The molecular formula is C23H29F3O3. The van der Waals surface area contributed by atoms with Gasteiger partial charge in [0.2, 0.25) is 0 Å². The molecule has 3 nitrogen and oxygen atoms in total. The van der Waals surface area contributed by atoms with Crippen LogP contribution in [-0.2, 0) is 17.4 Å². The van der Waals surface area contributed by atoms with Crippen molar-refractivity contribution < 1.29 is 27.8 Å². The molecule has 0 amide bonds. The number of carbonyl (C=O) groups excluding carboxylic acids is 1. The van der Waals surface area contributed by atoms with Crippen LogP contribution in [0.5, 0.6) is 5.75 Å². The SMILES string of the molecule is C#C.CO.COc1ccc(C)c(C)c1.O=CCCCc1ccc(C(F)(F)F)cc1. The van der Waals surface area contributed by atoms with Gasteiger partial charge in [0.1, 0.15) is 12.0 Å². The molecule has 0 aliphatic heterocycles. The van der Waals surface area contributed by atoms with E-state index < -0.39 is 11.7 Å². The van der Waals surface area contributed by atoms with Crippen molar-refractivity contribution in [2.45, 2.75) is 39.3 Å². The summed E-state index contributed by atoms with van der Waals surface area (Å²) in [6.45, 7) is 4.17. The molecule has 0 spiro atoms. The van der Waals surface area contributed by atoms with Crippen molar-refractivity contribution in [2.24, 2.45) is 0 Å². The second-order valence-electron chi connectivity index (χ2n) is 5.70. The van der Waals surface area contributed by atoms with E-state index in [2.05, 4.69) is 32.8 Å². The van der Waals surface area contributed by atoms with Crippen LogP contribution in [0.25, 0.3) is 0 Å². The lowest BCUT2D eigenvalue weighted by Crippen LogP contribution is -2.04. The molecular weight excluding hydrogens is 381 g/mol. The van der Waals surface area contributed by atoms with Crippen molar-refractivity contribution in [2.75, 3.05) is 14.2 Å². The maximum Gasteiger partial charge on any atom is 0.416 e. The van der Waals surface area contributed by atoms with E-state index in [-0.39, 0.29) is 0 Å². The van der Waals surface area contributed by atoms with Crippen LogP contribution in [0.1, 0.15) is 35.1 Å². The topological polar surface area (TPSA) is 46.5 Å². The van der Waals surface area contributed by atoms with Gasteiger partial charge in [0.25, 0.3) is 0 Å². The monoisotopic (exact) mass is 410 g/mol. The third-order valence-electron chi connectivity index (χ3n) is 3.78. The Balaban J connectivity index is 0. The molecule has 0 radical (unpaired) electrons. The van der Waals surface area contributed by atoms with Gasteiger partial charge in [0.15, 0.2) is 0 Å². The Morgan fingerprint density at radius 1 is 1.00 bits per heavy atom. The molecule has 0 fully saturated rings. The van der Waals surface area contributed by atoms with Gasteiger partial charge in [-0.15, -0.1) is 12.8 Å². The fourth-order valence-corrected chi connectivity index (χ4v) is 2.09. The number of unbranched alkanes of at least 4 members (excludes halogenated alkanes) is 1. The zero-order chi connectivity index (χ0) is 22.9. The number of aryl methyl sites for hydroxylation is 3. The summed E-state index contributed by atoms with van der Waals surface area (Å²) < 4.78 is 41.6. The van der Waals surface area contributed by atoms with E-state index in [1.54, 1.807) is 7.11 Å². The van der Waals surface area contributed by atoms with E-state index >= 15 is 0 Å². The van der Waals surface area contributed by atoms with Crippen LogP contribution < -0.4 is 4.74 Å². The number of aldehydes is 1. The Morgan fingerprint density at radius 2 is 1.55 bits per heavy atom. The van der Waals surface area contributed by atoms with Crippen molar-refractivity contribution >= 4 is 6.29 Å². The molecule has 2 aromatic rings. The Hall–Kier alpha value is -2.78. The number of terminal acetylenes is 1. The average molecular weight is 410 g/mol. The smallest absolute Gasteiger partial charge is 0.416 e. The number of aliphatic hydroxyl groups is 1. The molecule has 1 N–H and O–H groups in total. The highest BCUT2D eigenvalue weighted by molar-refractivity contribution is 5.49. The van der Waals surface area contributed by atoms with Crippen molar-refractivity contribution in [1.29, 1.82) is 0 Å². The summed E-state index contributed by atoms with van der Waals surface area (Å²) in [5.41, 5.74) is 2.77. The van der Waals surface area contributed by atoms with Crippen molar-refractivity contribution in [3.63, 3.8) is 0 Å². The lowest BCUT2D eigenvalue weighted by atomic mass is 10.1. The number of halogens is 3. The molecule has 160 valence electrons. The highest BCUT2D eigenvalue weighted by Gasteiger charge is 2.29. The predicted octanol–water partition coefficient (Wildman–Crippen LogP) is 5.40. The summed E-state index contributed by atoms with van der Waals surface area (Å²) in [4.78, 5) is 10.0. The summed E-state index contributed by atoms with van der Waals surface area (Å²) >= 11 is 0. The molecule has 2 aromatic carbocycles. The molecule has 6 heteroatoms. The van der Waals surface area contributed by atoms with Crippen LogP contribution in [0.15, 0.2) is 42.5 Å². The normalized spacial score (nSPS) is 9.45. The quantitative estimate of drug-likeness (QED) is 0.408. The van der Waals surface area contributed by atoms with E-state index in [1.165, 1.54) is 23.3 Å². The Labute approximate surface area is 171 Å². The minimum Gasteiger partial charge on any atom is -0.497 e. The summed E-state index contributed by atoms with van der Waals surface area (Å²) in [7, 11) is 2.68. The van der Waals surface area contributed by atoms with Crippen molar-refractivity contribution in [1.82, 2.24) is 0 Å².